The van der Waals surface area contributed by atoms with Crippen LogP contribution in [0.1, 0.15) is 34.7 Å². The fraction of sp³-hybridized carbons (Fsp3) is 0.300. The molecule has 1 amide bonds. The highest BCUT2D eigenvalue weighted by molar-refractivity contribution is 9.10. The number of carbonyl (C=O) groups is 2. The van der Waals surface area contributed by atoms with Crippen LogP contribution >= 0.6 is 61.0 Å². The molecule has 2 aromatic carbocycles. The van der Waals surface area contributed by atoms with E-state index in [1.54, 1.807) is 0 Å². The number of carbonyl (C=O) groups excluding carboxylic acids is 2. The van der Waals surface area contributed by atoms with E-state index < -0.39 is 62.0 Å². The summed E-state index contributed by atoms with van der Waals surface area (Å²) in [5.74, 6) is -4.58. The Labute approximate surface area is 222 Å². The van der Waals surface area contributed by atoms with Crippen LogP contribution in [-0.2, 0) is 4.79 Å². The fourth-order valence-electron chi connectivity index (χ4n) is 3.48. The van der Waals surface area contributed by atoms with Gasteiger partial charge in [-0.1, -0.05) is 47.0 Å². The maximum absolute atomic E-state index is 13.3. The molecule has 36 heavy (non-hydrogen) atoms. The molecule has 1 saturated carbocycles. The van der Waals surface area contributed by atoms with Crippen molar-refractivity contribution < 1.29 is 42.2 Å². The van der Waals surface area contributed by atoms with Crippen molar-refractivity contribution in [1.29, 1.82) is 0 Å². The van der Waals surface area contributed by atoms with Gasteiger partial charge in [0, 0.05) is 28.1 Å². The van der Waals surface area contributed by atoms with E-state index in [-0.39, 0.29) is 38.4 Å². The monoisotopic (exact) mass is 667 g/mol. The zero-order chi connectivity index (χ0) is 27.5. The van der Waals surface area contributed by atoms with Gasteiger partial charge in [0.25, 0.3) is 0 Å². The Hall–Kier alpha value is -1.28. The molecule has 2 aromatic rings. The molecule has 16 heteroatoms. The van der Waals surface area contributed by atoms with Gasteiger partial charge in [0.05, 0.1) is 17.4 Å². The number of alkyl halides is 5. The molecule has 3 nitrogen and oxygen atoms in total. The summed E-state index contributed by atoms with van der Waals surface area (Å²) in [5, 5.41) is 2.14. The van der Waals surface area contributed by atoms with Crippen molar-refractivity contribution in [2.45, 2.75) is 34.2 Å². The van der Waals surface area contributed by atoms with Gasteiger partial charge < -0.3 is 5.32 Å². The predicted octanol–water partition coefficient (Wildman–Crippen LogP) is 9.81. The molecule has 0 aromatic heterocycles. The first-order valence-corrected chi connectivity index (χ1v) is 13.5. The molecule has 200 valence electrons. The minimum absolute atomic E-state index is 0.0866. The minimum atomic E-state index is -10.1. The lowest BCUT2D eigenvalue weighted by Crippen LogP contribution is -2.17. The van der Waals surface area contributed by atoms with Gasteiger partial charge in [-0.05, 0) is 42.0 Å². The summed E-state index contributed by atoms with van der Waals surface area (Å²) < 4.78 is 102. The topological polar surface area (TPSA) is 46.2 Å². The predicted molar refractivity (Wildman–Crippen MR) is 126 cm³/mol. The van der Waals surface area contributed by atoms with Gasteiger partial charge in [0.15, 0.2) is 5.78 Å². The summed E-state index contributed by atoms with van der Waals surface area (Å²) >= 11 is 20.8. The first kappa shape index (κ1) is 29.3. The maximum Gasteiger partial charge on any atom is 0.389 e. The van der Waals surface area contributed by atoms with E-state index in [4.69, 9.17) is 34.8 Å². The zero-order valence-corrected chi connectivity index (χ0v) is 22.0. The number of benzene rings is 2. The highest BCUT2D eigenvalue weighted by Gasteiger charge is 2.69. The van der Waals surface area contributed by atoms with Crippen LogP contribution in [0, 0.1) is 5.92 Å². The highest BCUT2D eigenvalue weighted by Crippen LogP contribution is 3.02. The standard InChI is InChI=1S/C20H13BrCl3F8NO2S/c21-10-5-9(6-12(7-10)36(28,29,30,31)32)16-17(20(16,23)24)18(35)33-11-1-2-14(22)13(8-11)15(34)3-4-19(25,26)27/h1-2,5-8,16-17H,3-4H2,(H,33,35). The second kappa shape index (κ2) is 8.62. The van der Waals surface area contributed by atoms with Gasteiger partial charge in [0.2, 0.25) is 5.91 Å². The normalized spacial score (nSPS) is 21.3. The average Bonchev–Trinajstić information content (AvgIpc) is 3.27. The minimum Gasteiger partial charge on any atom is -0.326 e. The lowest BCUT2D eigenvalue weighted by atomic mass is 10.1. The van der Waals surface area contributed by atoms with Crippen molar-refractivity contribution in [3.05, 3.63) is 57.0 Å². The number of hydrogen-bond acceptors (Lipinski definition) is 2. The number of nitrogens with one attached hydrogen (secondary N) is 1. The molecule has 1 N–H and O–H groups in total. The quantitative estimate of drug-likeness (QED) is 0.181. The second-order valence-corrected chi connectivity index (χ2v) is 13.2. The number of amides is 1. The van der Waals surface area contributed by atoms with Crippen LogP contribution in [0.3, 0.4) is 0 Å². The number of ketones is 1. The number of Topliss-reactive ketones (excluding diaryl/α,β-unsaturated/α-hetero) is 1. The molecule has 2 unspecified atom stereocenters. The SMILES string of the molecule is O=C(CCC(F)(F)F)c1cc(NC(=O)C2C(c3cc(Br)cc(S(F)(F)(F)(F)F)c3)C2(Cl)Cl)ccc1Cl. The Morgan fingerprint density at radius 2 is 1.64 bits per heavy atom. The molecule has 2 atom stereocenters. The Bertz CT molecular complexity index is 1260. The molecule has 1 aliphatic rings. The average molecular weight is 670 g/mol. The van der Waals surface area contributed by atoms with Gasteiger partial charge in [0.1, 0.15) is 9.23 Å². The summed E-state index contributed by atoms with van der Waals surface area (Å²) in [5.41, 5.74) is -0.769. The van der Waals surface area contributed by atoms with Crippen LogP contribution in [0.15, 0.2) is 45.8 Å². The Kier molecular flexibility index (Phi) is 7.01. The summed E-state index contributed by atoms with van der Waals surface area (Å²) in [6, 6.07) is 4.80. The Balaban J connectivity index is 1.84. The van der Waals surface area contributed by atoms with Crippen LogP contribution in [-0.4, -0.2) is 22.2 Å². The first-order chi connectivity index (χ1) is 16.0. The number of anilines is 1. The van der Waals surface area contributed by atoms with E-state index in [2.05, 4.69) is 21.2 Å². The Morgan fingerprint density at radius 1 is 1.03 bits per heavy atom. The van der Waals surface area contributed by atoms with E-state index in [0.717, 1.165) is 18.2 Å². The molecule has 0 saturated heterocycles. The highest BCUT2D eigenvalue weighted by atomic mass is 79.9. The maximum atomic E-state index is 13.3. The van der Waals surface area contributed by atoms with Crippen LogP contribution < -0.4 is 5.32 Å². The van der Waals surface area contributed by atoms with E-state index in [0.29, 0.717) is 0 Å². The van der Waals surface area contributed by atoms with Crippen LogP contribution in [0.2, 0.25) is 5.02 Å². The zero-order valence-electron chi connectivity index (χ0n) is 17.3. The fourth-order valence-corrected chi connectivity index (χ4v) is 5.90. The van der Waals surface area contributed by atoms with Gasteiger partial charge in [-0.15, -0.1) is 23.2 Å². The third-order valence-electron chi connectivity index (χ3n) is 5.20. The van der Waals surface area contributed by atoms with Crippen LogP contribution in [0.4, 0.5) is 38.3 Å². The molecule has 3 rings (SSSR count). The van der Waals surface area contributed by atoms with Crippen molar-refractivity contribution in [2.75, 3.05) is 5.32 Å². The van der Waals surface area contributed by atoms with Crippen molar-refractivity contribution in [2.24, 2.45) is 5.92 Å². The third-order valence-corrected chi connectivity index (χ3v) is 8.06. The molecular formula is C20H13BrCl3F8NO2S. The summed E-state index contributed by atoms with van der Waals surface area (Å²) in [7, 11) is -10.1. The first-order valence-electron chi connectivity index (χ1n) is 9.62. The molecule has 1 aliphatic carbocycles. The molecule has 0 radical (unpaired) electrons. The van der Waals surface area contributed by atoms with Crippen LogP contribution in [0.25, 0.3) is 0 Å². The van der Waals surface area contributed by atoms with E-state index in [1.165, 1.54) is 6.07 Å². The molecule has 1 fully saturated rings. The van der Waals surface area contributed by atoms with Crippen molar-refractivity contribution >= 4 is 78.3 Å². The summed E-state index contributed by atoms with van der Waals surface area (Å²) in [6.45, 7) is 0. The number of halogens is 12. The van der Waals surface area contributed by atoms with Gasteiger partial charge in [-0.25, -0.2) is 0 Å². The lowest BCUT2D eigenvalue weighted by Gasteiger charge is -2.40. The molecule has 0 heterocycles. The van der Waals surface area contributed by atoms with Gasteiger partial charge in [-0.3, -0.25) is 9.59 Å². The lowest BCUT2D eigenvalue weighted by molar-refractivity contribution is -0.133. The van der Waals surface area contributed by atoms with Gasteiger partial charge >= 0.3 is 16.4 Å². The smallest absolute Gasteiger partial charge is 0.326 e. The van der Waals surface area contributed by atoms with Gasteiger partial charge in [-0.2, -0.15) is 13.2 Å². The number of hydrogen-bond donors (Lipinski definition) is 1. The molecular weight excluding hydrogens is 657 g/mol. The van der Waals surface area contributed by atoms with Crippen molar-refractivity contribution in [1.82, 2.24) is 0 Å². The van der Waals surface area contributed by atoms with Crippen molar-refractivity contribution in [3.63, 3.8) is 0 Å². The Morgan fingerprint density at radius 3 is 2.19 bits per heavy atom. The summed E-state index contributed by atoms with van der Waals surface area (Å²) in [4.78, 5) is 22.7. The molecule has 0 aliphatic heterocycles. The van der Waals surface area contributed by atoms with E-state index >= 15 is 0 Å². The van der Waals surface area contributed by atoms with Crippen molar-refractivity contribution in [3.8, 4) is 0 Å². The number of rotatable bonds is 7. The van der Waals surface area contributed by atoms with E-state index in [1.807, 2.05) is 0 Å². The molecule has 0 bridgehead atoms. The second-order valence-electron chi connectivity index (χ2n) is 8.04. The third kappa shape index (κ3) is 6.77. The summed E-state index contributed by atoms with van der Waals surface area (Å²) in [6.07, 6.45) is -6.87. The molecule has 0 spiro atoms. The largest absolute Gasteiger partial charge is 0.389 e. The van der Waals surface area contributed by atoms with Crippen LogP contribution in [0.5, 0.6) is 0 Å². The van der Waals surface area contributed by atoms with E-state index in [9.17, 15) is 42.2 Å².